The number of benzene rings is 5. The molecule has 9 nitrogen and oxygen atoms in total. The minimum atomic E-state index is -0.462. The SMILES string of the molecule is O=C(CNC1CC1)Nc1cccc(C(=O)CNCCN2CCC(OC(=O)Nc3cccc(-c4ccccc4)c3-c3ccccc3-c3ccccc3)CC2)c1. The number of hydrogen-bond acceptors (Lipinski definition) is 7. The van der Waals surface area contributed by atoms with Gasteiger partial charge in [-0.2, -0.15) is 0 Å². The van der Waals surface area contributed by atoms with Crippen LogP contribution < -0.4 is 21.3 Å². The summed E-state index contributed by atoms with van der Waals surface area (Å²) in [7, 11) is 0. The van der Waals surface area contributed by atoms with Crippen molar-refractivity contribution in [2.75, 3.05) is 49.9 Å². The monoisotopic (exact) mass is 721 g/mol. The number of nitrogens with zero attached hydrogens (tertiary/aromatic N) is 1. The van der Waals surface area contributed by atoms with Crippen molar-refractivity contribution in [3.63, 3.8) is 0 Å². The molecule has 0 atom stereocenters. The Labute approximate surface area is 317 Å². The molecule has 54 heavy (non-hydrogen) atoms. The first-order chi connectivity index (χ1) is 26.5. The molecule has 1 aliphatic carbocycles. The van der Waals surface area contributed by atoms with Gasteiger partial charge in [0.15, 0.2) is 5.78 Å². The molecule has 1 saturated carbocycles. The standard InChI is InChI=1S/C45H47N5O4/c51-42(34-15-9-16-36(29-34)48-43(52)31-47-35-21-22-35)30-46-25-28-50-26-23-37(24-27-50)54-45(53)49-41-20-10-19-39(33-13-5-2-6-14-33)44(41)40-18-8-7-17-38(40)32-11-3-1-4-12-32/h1-20,29,35,37,46-47H,21-28,30-31H2,(H,48,52)(H,49,53). The van der Waals surface area contributed by atoms with Crippen molar-refractivity contribution in [1.29, 1.82) is 0 Å². The molecule has 1 aliphatic heterocycles. The Kier molecular flexibility index (Phi) is 12.2. The first-order valence-electron chi connectivity index (χ1n) is 18.9. The summed E-state index contributed by atoms with van der Waals surface area (Å²) < 4.78 is 5.99. The van der Waals surface area contributed by atoms with E-state index in [9.17, 15) is 14.4 Å². The minimum absolute atomic E-state index is 0.0265. The predicted molar refractivity (Wildman–Crippen MR) is 216 cm³/mol. The van der Waals surface area contributed by atoms with Crippen molar-refractivity contribution in [3.05, 3.63) is 133 Å². The summed E-state index contributed by atoms with van der Waals surface area (Å²) in [6.07, 6.45) is 3.05. The van der Waals surface area contributed by atoms with Gasteiger partial charge in [-0.25, -0.2) is 4.79 Å². The second-order valence-electron chi connectivity index (χ2n) is 14.0. The second kappa shape index (κ2) is 17.9. The van der Waals surface area contributed by atoms with Gasteiger partial charge < -0.3 is 25.6 Å². The van der Waals surface area contributed by atoms with Crippen molar-refractivity contribution in [2.24, 2.45) is 0 Å². The van der Waals surface area contributed by atoms with E-state index in [-0.39, 0.29) is 30.9 Å². The third kappa shape index (κ3) is 9.87. The quantitative estimate of drug-likeness (QED) is 0.0644. The number of ether oxygens (including phenoxy) is 1. The number of likely N-dealkylation sites (tertiary alicyclic amines) is 1. The van der Waals surface area contributed by atoms with Crippen LogP contribution in [-0.2, 0) is 9.53 Å². The molecule has 0 spiro atoms. The fourth-order valence-corrected chi connectivity index (χ4v) is 6.96. The van der Waals surface area contributed by atoms with Crippen LogP contribution >= 0.6 is 0 Å². The molecule has 2 amide bonds. The van der Waals surface area contributed by atoms with Crippen LogP contribution in [0.4, 0.5) is 16.2 Å². The van der Waals surface area contributed by atoms with Gasteiger partial charge >= 0.3 is 6.09 Å². The van der Waals surface area contributed by atoms with E-state index in [4.69, 9.17) is 4.74 Å². The van der Waals surface area contributed by atoms with Crippen molar-refractivity contribution < 1.29 is 19.1 Å². The topological polar surface area (TPSA) is 112 Å². The molecule has 9 heteroatoms. The van der Waals surface area contributed by atoms with E-state index in [0.717, 1.165) is 78.7 Å². The molecule has 0 bridgehead atoms. The smallest absolute Gasteiger partial charge is 0.411 e. The fourth-order valence-electron chi connectivity index (χ4n) is 6.96. The molecule has 2 fully saturated rings. The van der Waals surface area contributed by atoms with Gasteiger partial charge in [-0.15, -0.1) is 0 Å². The van der Waals surface area contributed by atoms with Crippen molar-refractivity contribution >= 4 is 29.2 Å². The predicted octanol–water partition coefficient (Wildman–Crippen LogP) is 7.86. The van der Waals surface area contributed by atoms with Crippen molar-refractivity contribution in [2.45, 2.75) is 37.8 Å². The molecule has 4 N–H and O–H groups in total. The normalized spacial score (nSPS) is 14.7. The Morgan fingerprint density at radius 2 is 1.30 bits per heavy atom. The lowest BCUT2D eigenvalue weighted by atomic mass is 9.88. The molecular formula is C45H47N5O4. The maximum Gasteiger partial charge on any atom is 0.411 e. The van der Waals surface area contributed by atoms with Gasteiger partial charge in [0.05, 0.1) is 18.8 Å². The average Bonchev–Trinajstić information content (AvgIpc) is 4.05. The van der Waals surface area contributed by atoms with Gasteiger partial charge in [-0.3, -0.25) is 14.9 Å². The molecule has 1 saturated heterocycles. The van der Waals surface area contributed by atoms with Gasteiger partial charge in [0.1, 0.15) is 6.10 Å². The van der Waals surface area contributed by atoms with Crippen LogP contribution in [-0.4, -0.2) is 74.1 Å². The number of nitrogens with one attached hydrogen (secondary N) is 4. The Morgan fingerprint density at radius 3 is 2.02 bits per heavy atom. The Balaban J connectivity index is 0.907. The average molecular weight is 722 g/mol. The van der Waals surface area contributed by atoms with E-state index in [2.05, 4.69) is 68.6 Å². The highest BCUT2D eigenvalue weighted by Gasteiger charge is 2.24. The molecule has 0 radical (unpaired) electrons. The van der Waals surface area contributed by atoms with Crippen molar-refractivity contribution in [3.8, 4) is 33.4 Å². The molecule has 7 rings (SSSR count). The zero-order valence-corrected chi connectivity index (χ0v) is 30.4. The molecule has 2 aliphatic rings. The van der Waals surface area contributed by atoms with E-state index in [1.165, 1.54) is 0 Å². The highest BCUT2D eigenvalue weighted by molar-refractivity contribution is 6.02. The van der Waals surface area contributed by atoms with Gasteiger partial charge in [0.25, 0.3) is 0 Å². The summed E-state index contributed by atoms with van der Waals surface area (Å²) in [6, 6.07) is 42.4. The van der Waals surface area contributed by atoms with Crippen LogP contribution in [0.25, 0.3) is 33.4 Å². The third-order valence-corrected chi connectivity index (χ3v) is 9.96. The number of rotatable bonds is 15. The Bertz CT molecular complexity index is 2040. The van der Waals surface area contributed by atoms with E-state index >= 15 is 0 Å². The number of Topliss-reactive ketones (excluding diaryl/α,β-unsaturated/α-hetero) is 1. The third-order valence-electron chi connectivity index (χ3n) is 9.96. The summed E-state index contributed by atoms with van der Waals surface area (Å²) in [5, 5.41) is 12.4. The van der Waals surface area contributed by atoms with E-state index in [1.54, 1.807) is 24.3 Å². The highest BCUT2D eigenvalue weighted by Crippen LogP contribution is 2.42. The van der Waals surface area contributed by atoms with Gasteiger partial charge in [-0.1, -0.05) is 109 Å². The van der Waals surface area contributed by atoms with Crippen LogP contribution in [0.1, 0.15) is 36.0 Å². The summed E-state index contributed by atoms with van der Waals surface area (Å²) in [4.78, 5) is 40.8. The van der Waals surface area contributed by atoms with Crippen LogP contribution in [0.5, 0.6) is 0 Å². The summed E-state index contributed by atoms with van der Waals surface area (Å²) in [5.74, 6) is -0.135. The summed E-state index contributed by atoms with van der Waals surface area (Å²) in [5.41, 5.74) is 8.11. The largest absolute Gasteiger partial charge is 0.446 e. The lowest BCUT2D eigenvalue weighted by Gasteiger charge is -2.31. The summed E-state index contributed by atoms with van der Waals surface area (Å²) in [6.45, 7) is 3.52. The van der Waals surface area contributed by atoms with Gasteiger partial charge in [0.2, 0.25) is 5.91 Å². The Morgan fingerprint density at radius 1 is 0.648 bits per heavy atom. The maximum absolute atomic E-state index is 13.5. The number of amides is 2. The second-order valence-corrected chi connectivity index (χ2v) is 14.0. The van der Waals surface area contributed by atoms with Crippen LogP contribution in [0, 0.1) is 0 Å². The highest BCUT2D eigenvalue weighted by atomic mass is 16.6. The molecule has 276 valence electrons. The Hall–Kier alpha value is -5.61. The van der Waals surface area contributed by atoms with E-state index in [1.807, 2.05) is 60.7 Å². The minimum Gasteiger partial charge on any atom is -0.446 e. The summed E-state index contributed by atoms with van der Waals surface area (Å²) >= 11 is 0. The molecule has 1 heterocycles. The molecule has 5 aromatic carbocycles. The lowest BCUT2D eigenvalue weighted by Crippen LogP contribution is -2.42. The number of anilines is 2. The van der Waals surface area contributed by atoms with Crippen LogP contribution in [0.2, 0.25) is 0 Å². The number of carbonyl (C=O) groups excluding carboxylic acids is 3. The van der Waals surface area contributed by atoms with Gasteiger partial charge in [0, 0.05) is 49.0 Å². The van der Waals surface area contributed by atoms with E-state index < -0.39 is 6.09 Å². The van der Waals surface area contributed by atoms with Crippen LogP contribution in [0.15, 0.2) is 127 Å². The zero-order chi connectivity index (χ0) is 37.1. The number of piperidine rings is 1. The van der Waals surface area contributed by atoms with Crippen molar-refractivity contribution in [1.82, 2.24) is 15.5 Å². The molecular weight excluding hydrogens is 675 g/mol. The molecule has 5 aromatic rings. The molecule has 0 unspecified atom stereocenters. The van der Waals surface area contributed by atoms with Crippen LogP contribution in [0.3, 0.4) is 0 Å². The first-order valence-corrected chi connectivity index (χ1v) is 18.9. The number of hydrogen-bond donors (Lipinski definition) is 4. The number of carbonyl (C=O) groups is 3. The van der Waals surface area contributed by atoms with Gasteiger partial charge in [-0.05, 0) is 71.7 Å². The van der Waals surface area contributed by atoms with E-state index in [0.29, 0.717) is 29.5 Å². The molecule has 0 aromatic heterocycles. The first kappa shape index (κ1) is 36.7. The number of ketones is 1. The maximum atomic E-state index is 13.5. The lowest BCUT2D eigenvalue weighted by molar-refractivity contribution is -0.115. The zero-order valence-electron chi connectivity index (χ0n) is 30.4. The fraction of sp³-hybridized carbons (Fsp3) is 0.267.